The van der Waals surface area contributed by atoms with Crippen LogP contribution in [-0.4, -0.2) is 17.6 Å². The van der Waals surface area contributed by atoms with Crippen LogP contribution in [-0.2, 0) is 11.4 Å². The highest BCUT2D eigenvalue weighted by atomic mass is 19.3. The molecule has 0 saturated carbocycles. The van der Waals surface area contributed by atoms with Gasteiger partial charge in [0.15, 0.2) is 0 Å². The van der Waals surface area contributed by atoms with Gasteiger partial charge >= 0.3 is 6.61 Å². The van der Waals surface area contributed by atoms with Gasteiger partial charge in [-0.15, -0.1) is 0 Å². The van der Waals surface area contributed by atoms with Crippen molar-refractivity contribution in [2.45, 2.75) is 20.1 Å². The van der Waals surface area contributed by atoms with Crippen LogP contribution in [0, 0.1) is 0 Å². The van der Waals surface area contributed by atoms with E-state index in [0.29, 0.717) is 22.4 Å². The highest BCUT2D eigenvalue weighted by molar-refractivity contribution is 6.04. The molecule has 0 fully saturated rings. The van der Waals surface area contributed by atoms with Crippen LogP contribution in [0.5, 0.6) is 5.75 Å². The lowest BCUT2D eigenvalue weighted by molar-refractivity contribution is -0.111. The Morgan fingerprint density at radius 3 is 2.71 bits per heavy atom. The number of hydrogen-bond donors (Lipinski definition) is 2. The van der Waals surface area contributed by atoms with E-state index in [1.165, 1.54) is 12.1 Å². The number of rotatable bonds is 6. The number of aliphatic hydroxyl groups excluding tert-OH is 1. The maximum Gasteiger partial charge on any atom is 0.387 e. The van der Waals surface area contributed by atoms with Gasteiger partial charge in [0, 0.05) is 17.3 Å². The van der Waals surface area contributed by atoms with Crippen LogP contribution >= 0.6 is 0 Å². The topological polar surface area (TPSA) is 58.6 Å². The number of benzene rings is 2. The smallest absolute Gasteiger partial charge is 0.387 e. The normalized spacial score (nSPS) is 11.5. The Hall–Kier alpha value is -2.73. The van der Waals surface area contributed by atoms with Gasteiger partial charge in [-0.1, -0.05) is 30.3 Å². The van der Waals surface area contributed by atoms with Crippen LogP contribution in [0.25, 0.3) is 5.57 Å². The van der Waals surface area contributed by atoms with Crippen molar-refractivity contribution in [2.75, 3.05) is 5.32 Å². The second-order valence-corrected chi connectivity index (χ2v) is 5.05. The maximum absolute atomic E-state index is 12.4. The van der Waals surface area contributed by atoms with Gasteiger partial charge in [-0.05, 0) is 36.3 Å². The SMILES string of the molecule is C/C(=C/C(=O)Nc1cccc(CO)c1)c1ccccc1OC(F)F. The van der Waals surface area contributed by atoms with Gasteiger partial charge in [0.2, 0.25) is 5.91 Å². The summed E-state index contributed by atoms with van der Waals surface area (Å²) in [6.07, 6.45) is 1.30. The van der Waals surface area contributed by atoms with Crippen molar-refractivity contribution in [1.29, 1.82) is 0 Å². The predicted octanol–water partition coefficient (Wildman–Crippen LogP) is 3.82. The second-order valence-electron chi connectivity index (χ2n) is 5.05. The highest BCUT2D eigenvalue weighted by Crippen LogP contribution is 2.27. The average molecular weight is 333 g/mol. The number of carbonyl (C=O) groups is 1. The van der Waals surface area contributed by atoms with Crippen molar-refractivity contribution in [3.63, 3.8) is 0 Å². The first kappa shape index (κ1) is 17.6. The molecule has 1 amide bonds. The number of hydrogen-bond acceptors (Lipinski definition) is 3. The van der Waals surface area contributed by atoms with Crippen LogP contribution in [0.2, 0.25) is 0 Å². The molecule has 0 atom stereocenters. The number of anilines is 1. The minimum Gasteiger partial charge on any atom is -0.434 e. The van der Waals surface area contributed by atoms with E-state index in [-0.39, 0.29) is 12.4 Å². The molecule has 0 aliphatic heterocycles. The maximum atomic E-state index is 12.4. The van der Waals surface area contributed by atoms with Crippen molar-refractivity contribution >= 4 is 17.2 Å². The zero-order valence-electron chi connectivity index (χ0n) is 13.0. The molecular formula is C18H17F2NO3. The van der Waals surface area contributed by atoms with Crippen molar-refractivity contribution in [3.8, 4) is 5.75 Å². The molecule has 0 saturated heterocycles. The minimum atomic E-state index is -2.94. The standard InChI is InChI=1S/C18H17F2NO3/c1-12(15-7-2-3-8-16(15)24-18(19)20)9-17(23)21-14-6-4-5-13(10-14)11-22/h2-10,18,22H,11H2,1H3,(H,21,23)/b12-9-. The third kappa shape index (κ3) is 4.89. The van der Waals surface area contributed by atoms with Gasteiger partial charge in [0.05, 0.1) is 6.61 Å². The third-order valence-corrected chi connectivity index (χ3v) is 3.25. The molecule has 0 aliphatic carbocycles. The molecule has 0 heterocycles. The molecule has 2 aromatic rings. The monoisotopic (exact) mass is 333 g/mol. The molecule has 6 heteroatoms. The summed E-state index contributed by atoms with van der Waals surface area (Å²) in [6.45, 7) is -1.43. The van der Waals surface area contributed by atoms with Gasteiger partial charge in [0.1, 0.15) is 5.75 Å². The van der Waals surface area contributed by atoms with E-state index in [1.54, 1.807) is 49.4 Å². The lowest BCUT2D eigenvalue weighted by Crippen LogP contribution is -2.09. The zero-order chi connectivity index (χ0) is 17.5. The first-order valence-electron chi connectivity index (χ1n) is 7.23. The molecule has 0 bridgehead atoms. The Labute approximate surface area is 138 Å². The summed E-state index contributed by atoms with van der Waals surface area (Å²) < 4.78 is 29.4. The fourth-order valence-corrected chi connectivity index (χ4v) is 2.19. The summed E-state index contributed by atoms with van der Waals surface area (Å²) in [6, 6.07) is 13.1. The van der Waals surface area contributed by atoms with E-state index >= 15 is 0 Å². The first-order valence-corrected chi connectivity index (χ1v) is 7.23. The predicted molar refractivity (Wildman–Crippen MR) is 87.7 cm³/mol. The fourth-order valence-electron chi connectivity index (χ4n) is 2.19. The first-order chi connectivity index (χ1) is 11.5. The molecule has 126 valence electrons. The molecule has 0 unspecified atom stereocenters. The van der Waals surface area contributed by atoms with Crippen LogP contribution in [0.1, 0.15) is 18.1 Å². The van der Waals surface area contributed by atoms with E-state index in [9.17, 15) is 13.6 Å². The number of alkyl halides is 2. The Morgan fingerprint density at radius 2 is 2.00 bits per heavy atom. The zero-order valence-corrected chi connectivity index (χ0v) is 13.0. The number of ether oxygens (including phenoxy) is 1. The number of para-hydroxylation sites is 1. The molecule has 2 N–H and O–H groups in total. The van der Waals surface area contributed by atoms with Gasteiger partial charge in [-0.2, -0.15) is 8.78 Å². The molecule has 2 aromatic carbocycles. The second kappa shape index (κ2) is 8.21. The quantitative estimate of drug-likeness (QED) is 0.790. The summed E-state index contributed by atoms with van der Waals surface area (Å²) in [7, 11) is 0. The summed E-state index contributed by atoms with van der Waals surface area (Å²) in [5.74, 6) is -0.397. The number of carbonyl (C=O) groups excluding carboxylic acids is 1. The average Bonchev–Trinajstić information content (AvgIpc) is 2.54. The van der Waals surface area contributed by atoms with Gasteiger partial charge in [0.25, 0.3) is 0 Å². The third-order valence-electron chi connectivity index (χ3n) is 3.25. The van der Waals surface area contributed by atoms with Crippen LogP contribution in [0.3, 0.4) is 0 Å². The van der Waals surface area contributed by atoms with Gasteiger partial charge in [-0.3, -0.25) is 4.79 Å². The van der Waals surface area contributed by atoms with E-state index in [2.05, 4.69) is 10.1 Å². The Bertz CT molecular complexity index is 745. The Kier molecular flexibility index (Phi) is 6.03. The van der Waals surface area contributed by atoms with Gasteiger partial charge < -0.3 is 15.2 Å². The lowest BCUT2D eigenvalue weighted by atomic mass is 10.1. The molecule has 0 aliphatic rings. The number of halogens is 2. The van der Waals surface area contributed by atoms with E-state index in [0.717, 1.165) is 0 Å². The summed E-state index contributed by atoms with van der Waals surface area (Å²) in [4.78, 5) is 12.1. The van der Waals surface area contributed by atoms with Crippen LogP contribution < -0.4 is 10.1 Å². The van der Waals surface area contributed by atoms with E-state index in [4.69, 9.17) is 5.11 Å². The molecule has 0 radical (unpaired) electrons. The van der Waals surface area contributed by atoms with E-state index in [1.807, 2.05) is 0 Å². The fraction of sp³-hybridized carbons (Fsp3) is 0.167. The van der Waals surface area contributed by atoms with E-state index < -0.39 is 12.5 Å². The minimum absolute atomic E-state index is 0.0105. The van der Waals surface area contributed by atoms with Gasteiger partial charge in [-0.25, -0.2) is 0 Å². The van der Waals surface area contributed by atoms with Crippen molar-refractivity contribution in [2.24, 2.45) is 0 Å². The van der Waals surface area contributed by atoms with Crippen LogP contribution in [0.15, 0.2) is 54.6 Å². The summed E-state index contributed by atoms with van der Waals surface area (Å²) in [5.41, 5.74) is 2.11. The number of nitrogens with one attached hydrogen (secondary N) is 1. The molecular weight excluding hydrogens is 316 g/mol. The lowest BCUT2D eigenvalue weighted by Gasteiger charge is -2.11. The summed E-state index contributed by atoms with van der Waals surface area (Å²) in [5, 5.41) is 11.8. The molecule has 0 spiro atoms. The Morgan fingerprint density at radius 1 is 1.25 bits per heavy atom. The van der Waals surface area contributed by atoms with Crippen molar-refractivity contribution < 1.29 is 23.4 Å². The molecule has 4 nitrogen and oxygen atoms in total. The summed E-state index contributed by atoms with van der Waals surface area (Å²) >= 11 is 0. The largest absolute Gasteiger partial charge is 0.434 e. The molecule has 24 heavy (non-hydrogen) atoms. The van der Waals surface area contributed by atoms with Crippen LogP contribution in [0.4, 0.5) is 14.5 Å². The Balaban J connectivity index is 2.16. The number of aliphatic hydroxyl groups is 1. The number of amides is 1. The van der Waals surface area contributed by atoms with Crippen molar-refractivity contribution in [1.82, 2.24) is 0 Å². The molecule has 2 rings (SSSR count). The number of allylic oxidation sites excluding steroid dienone is 1. The van der Waals surface area contributed by atoms with Crippen molar-refractivity contribution in [3.05, 3.63) is 65.7 Å². The highest BCUT2D eigenvalue weighted by Gasteiger charge is 2.11. The molecule has 0 aromatic heterocycles.